The zero-order chi connectivity index (χ0) is 11.8. The summed E-state index contributed by atoms with van der Waals surface area (Å²) in [4.78, 5) is 0.974. The van der Waals surface area contributed by atoms with E-state index in [4.69, 9.17) is 9.47 Å². The van der Waals surface area contributed by atoms with Crippen molar-refractivity contribution in [3.05, 3.63) is 17.7 Å². The molecule has 3 nitrogen and oxygen atoms in total. The Balaban J connectivity index is 2.55. The van der Waals surface area contributed by atoms with Gasteiger partial charge in [0.2, 0.25) is 0 Å². The predicted molar refractivity (Wildman–Crippen MR) is 64.5 cm³/mol. The molecule has 1 aliphatic rings. The van der Waals surface area contributed by atoms with Gasteiger partial charge in [-0.05, 0) is 25.2 Å². The standard InChI is InChI=1S/C12H16O3S/c1-14-9-5-4-8(12(13)6-7-12)11(16-3)10(9)15-2/h4-5,13H,6-7H2,1-3H3. The van der Waals surface area contributed by atoms with Crippen LogP contribution in [-0.4, -0.2) is 25.6 Å². The Morgan fingerprint density at radius 1 is 1.25 bits per heavy atom. The van der Waals surface area contributed by atoms with E-state index in [0.717, 1.165) is 23.3 Å². The molecule has 1 saturated carbocycles. The second-order valence-corrected chi connectivity index (χ2v) is 4.73. The maximum atomic E-state index is 10.2. The molecule has 88 valence electrons. The molecule has 0 aliphatic heterocycles. The Morgan fingerprint density at radius 2 is 1.94 bits per heavy atom. The SMILES string of the molecule is COc1ccc(C2(O)CC2)c(SC)c1OC. The van der Waals surface area contributed by atoms with Crippen LogP contribution in [0.15, 0.2) is 17.0 Å². The first-order valence-electron chi connectivity index (χ1n) is 5.18. The maximum absolute atomic E-state index is 10.2. The second-order valence-electron chi connectivity index (χ2n) is 3.91. The Bertz CT molecular complexity index is 399. The molecule has 1 aromatic rings. The molecule has 1 fully saturated rings. The largest absolute Gasteiger partial charge is 0.493 e. The average molecular weight is 240 g/mol. The van der Waals surface area contributed by atoms with Crippen molar-refractivity contribution in [1.29, 1.82) is 0 Å². The highest BCUT2D eigenvalue weighted by Gasteiger charge is 2.44. The van der Waals surface area contributed by atoms with Gasteiger partial charge in [-0.15, -0.1) is 11.8 Å². The van der Waals surface area contributed by atoms with Crippen LogP contribution in [-0.2, 0) is 5.60 Å². The molecule has 0 amide bonds. The molecule has 16 heavy (non-hydrogen) atoms. The van der Waals surface area contributed by atoms with Crippen molar-refractivity contribution >= 4 is 11.8 Å². The Morgan fingerprint density at radius 3 is 2.38 bits per heavy atom. The van der Waals surface area contributed by atoms with E-state index in [9.17, 15) is 5.11 Å². The van der Waals surface area contributed by atoms with Gasteiger partial charge in [0.25, 0.3) is 0 Å². The van der Waals surface area contributed by atoms with Gasteiger partial charge in [-0.2, -0.15) is 0 Å². The number of hydrogen-bond donors (Lipinski definition) is 1. The fourth-order valence-corrected chi connectivity index (χ4v) is 2.70. The van der Waals surface area contributed by atoms with E-state index in [2.05, 4.69) is 0 Å². The van der Waals surface area contributed by atoms with Crippen molar-refractivity contribution in [2.75, 3.05) is 20.5 Å². The Labute approximate surface area is 99.8 Å². The van der Waals surface area contributed by atoms with Gasteiger partial charge in [-0.3, -0.25) is 0 Å². The molecular weight excluding hydrogens is 224 g/mol. The number of thioether (sulfide) groups is 1. The van der Waals surface area contributed by atoms with Crippen LogP contribution in [0.2, 0.25) is 0 Å². The lowest BCUT2D eigenvalue weighted by Crippen LogP contribution is -2.07. The predicted octanol–water partition coefficient (Wildman–Crippen LogP) is 2.41. The monoisotopic (exact) mass is 240 g/mol. The summed E-state index contributed by atoms with van der Waals surface area (Å²) >= 11 is 1.58. The summed E-state index contributed by atoms with van der Waals surface area (Å²) < 4.78 is 10.6. The van der Waals surface area contributed by atoms with Crippen LogP contribution in [0.4, 0.5) is 0 Å². The van der Waals surface area contributed by atoms with Gasteiger partial charge in [0.1, 0.15) is 0 Å². The van der Waals surface area contributed by atoms with E-state index in [1.165, 1.54) is 0 Å². The summed E-state index contributed by atoms with van der Waals surface area (Å²) in [6.07, 6.45) is 3.64. The van der Waals surface area contributed by atoms with Gasteiger partial charge in [-0.1, -0.05) is 6.07 Å². The van der Waals surface area contributed by atoms with E-state index in [-0.39, 0.29) is 0 Å². The number of ether oxygens (including phenoxy) is 2. The Hall–Kier alpha value is -0.870. The molecule has 0 atom stereocenters. The smallest absolute Gasteiger partial charge is 0.174 e. The first-order chi connectivity index (χ1) is 7.66. The normalized spacial score (nSPS) is 17.0. The summed E-state index contributed by atoms with van der Waals surface area (Å²) in [7, 11) is 3.24. The zero-order valence-corrected chi connectivity index (χ0v) is 10.6. The minimum Gasteiger partial charge on any atom is -0.493 e. The van der Waals surface area contributed by atoms with Crippen molar-refractivity contribution in [3.8, 4) is 11.5 Å². The zero-order valence-electron chi connectivity index (χ0n) is 9.74. The third-order valence-corrected chi connectivity index (χ3v) is 3.74. The van der Waals surface area contributed by atoms with Gasteiger partial charge in [0.15, 0.2) is 11.5 Å². The van der Waals surface area contributed by atoms with E-state index < -0.39 is 5.60 Å². The first-order valence-corrected chi connectivity index (χ1v) is 6.40. The molecule has 0 bridgehead atoms. The molecule has 0 saturated heterocycles. The maximum Gasteiger partial charge on any atom is 0.174 e. The number of hydrogen-bond acceptors (Lipinski definition) is 4. The molecular formula is C12H16O3S. The lowest BCUT2D eigenvalue weighted by atomic mass is 10.1. The van der Waals surface area contributed by atoms with Crippen LogP contribution in [0.5, 0.6) is 11.5 Å². The van der Waals surface area contributed by atoms with Gasteiger partial charge in [0, 0.05) is 5.56 Å². The molecule has 0 radical (unpaired) electrons. The van der Waals surface area contributed by atoms with E-state index in [1.54, 1.807) is 26.0 Å². The fraction of sp³-hybridized carbons (Fsp3) is 0.500. The van der Waals surface area contributed by atoms with E-state index >= 15 is 0 Å². The summed E-state index contributed by atoms with van der Waals surface area (Å²) in [5, 5.41) is 10.2. The Kier molecular flexibility index (Phi) is 3.04. The molecule has 1 aliphatic carbocycles. The summed E-state index contributed by atoms with van der Waals surface area (Å²) in [5.74, 6) is 1.42. The quantitative estimate of drug-likeness (QED) is 0.820. The van der Waals surface area contributed by atoms with Crippen LogP contribution in [0, 0.1) is 0 Å². The van der Waals surface area contributed by atoms with Gasteiger partial charge in [0.05, 0.1) is 24.7 Å². The number of rotatable bonds is 4. The summed E-state index contributed by atoms with van der Waals surface area (Å²) in [6.45, 7) is 0. The highest BCUT2D eigenvalue weighted by molar-refractivity contribution is 7.98. The van der Waals surface area contributed by atoms with Gasteiger partial charge >= 0.3 is 0 Å². The van der Waals surface area contributed by atoms with Crippen molar-refractivity contribution < 1.29 is 14.6 Å². The molecule has 0 heterocycles. The third-order valence-electron chi connectivity index (χ3n) is 2.93. The molecule has 0 spiro atoms. The highest BCUT2D eigenvalue weighted by atomic mass is 32.2. The molecule has 1 aromatic carbocycles. The molecule has 0 aromatic heterocycles. The van der Waals surface area contributed by atoms with E-state index in [1.807, 2.05) is 18.4 Å². The number of benzene rings is 1. The van der Waals surface area contributed by atoms with E-state index in [0.29, 0.717) is 11.5 Å². The molecule has 4 heteroatoms. The van der Waals surface area contributed by atoms with Crippen LogP contribution in [0.1, 0.15) is 18.4 Å². The van der Waals surface area contributed by atoms with Crippen molar-refractivity contribution in [1.82, 2.24) is 0 Å². The lowest BCUT2D eigenvalue weighted by Gasteiger charge is -2.18. The van der Waals surface area contributed by atoms with Crippen LogP contribution >= 0.6 is 11.8 Å². The topological polar surface area (TPSA) is 38.7 Å². The van der Waals surface area contributed by atoms with Gasteiger partial charge < -0.3 is 14.6 Å². The van der Waals surface area contributed by atoms with Crippen LogP contribution in [0.3, 0.4) is 0 Å². The minimum absolute atomic E-state index is 0.641. The van der Waals surface area contributed by atoms with Crippen molar-refractivity contribution in [2.24, 2.45) is 0 Å². The first kappa shape index (κ1) is 11.6. The lowest BCUT2D eigenvalue weighted by molar-refractivity contribution is 0.147. The van der Waals surface area contributed by atoms with Crippen molar-refractivity contribution in [3.63, 3.8) is 0 Å². The highest BCUT2D eigenvalue weighted by Crippen LogP contribution is 2.52. The average Bonchev–Trinajstić information content (AvgIpc) is 3.06. The van der Waals surface area contributed by atoms with Gasteiger partial charge in [-0.25, -0.2) is 0 Å². The minimum atomic E-state index is -0.641. The second kappa shape index (κ2) is 4.18. The summed E-state index contributed by atoms with van der Waals surface area (Å²) in [6, 6.07) is 3.78. The summed E-state index contributed by atoms with van der Waals surface area (Å²) in [5.41, 5.74) is 0.315. The molecule has 2 rings (SSSR count). The molecule has 1 N–H and O–H groups in total. The van der Waals surface area contributed by atoms with Crippen LogP contribution in [0.25, 0.3) is 0 Å². The van der Waals surface area contributed by atoms with Crippen LogP contribution < -0.4 is 9.47 Å². The third kappa shape index (κ3) is 1.76. The molecule has 0 unspecified atom stereocenters. The number of methoxy groups -OCH3 is 2. The number of aliphatic hydroxyl groups is 1. The fourth-order valence-electron chi connectivity index (χ4n) is 1.86. The van der Waals surface area contributed by atoms with Crippen molar-refractivity contribution in [2.45, 2.75) is 23.3 Å².